The van der Waals surface area contributed by atoms with E-state index in [1.165, 1.54) is 0 Å². The zero-order valence-corrected chi connectivity index (χ0v) is 11.3. The van der Waals surface area contributed by atoms with E-state index < -0.39 is 5.97 Å². The number of nitrogens with two attached hydrogens (primary N) is 1. The van der Waals surface area contributed by atoms with Gasteiger partial charge in [-0.25, -0.2) is 0 Å². The van der Waals surface area contributed by atoms with E-state index in [2.05, 4.69) is 0 Å². The Balaban J connectivity index is 2.33. The number of hydrogen-bond acceptors (Lipinski definition) is 3. The third-order valence-electron chi connectivity index (χ3n) is 2.95. The highest BCUT2D eigenvalue weighted by Crippen LogP contribution is 2.28. The van der Waals surface area contributed by atoms with E-state index in [1.807, 2.05) is 37.3 Å². The second-order valence-electron chi connectivity index (χ2n) is 4.45. The molecule has 0 aromatic heterocycles. The van der Waals surface area contributed by atoms with Crippen molar-refractivity contribution in [2.75, 3.05) is 12.3 Å². The Labute approximate surface area is 117 Å². The van der Waals surface area contributed by atoms with E-state index in [4.69, 9.17) is 15.6 Å². The fraction of sp³-hybridized carbons (Fsp3) is 0.188. The zero-order valence-electron chi connectivity index (χ0n) is 11.3. The van der Waals surface area contributed by atoms with Crippen LogP contribution in [-0.2, 0) is 11.2 Å². The maximum atomic E-state index is 10.8. The SMILES string of the molecule is CCOc1ccc(-c2cc(CC(=O)O)ccc2N)cc1. The molecular weight excluding hydrogens is 254 g/mol. The average Bonchev–Trinajstić information content (AvgIpc) is 2.42. The second-order valence-corrected chi connectivity index (χ2v) is 4.45. The standard InChI is InChI=1S/C16H17NO3/c1-2-20-13-6-4-12(5-7-13)14-9-11(10-16(18)19)3-8-15(14)17/h3-9H,2,10,17H2,1H3,(H,18,19). The van der Waals surface area contributed by atoms with Gasteiger partial charge in [0, 0.05) is 11.3 Å². The summed E-state index contributed by atoms with van der Waals surface area (Å²) >= 11 is 0. The molecule has 0 bridgehead atoms. The molecule has 0 aliphatic carbocycles. The first-order valence-electron chi connectivity index (χ1n) is 6.43. The fourth-order valence-corrected chi connectivity index (χ4v) is 2.04. The molecule has 0 unspecified atom stereocenters. The molecule has 0 aliphatic rings. The van der Waals surface area contributed by atoms with Crippen LogP contribution in [0.2, 0.25) is 0 Å². The molecule has 104 valence electrons. The highest BCUT2D eigenvalue weighted by Gasteiger charge is 2.07. The molecule has 2 rings (SSSR count). The fourth-order valence-electron chi connectivity index (χ4n) is 2.04. The summed E-state index contributed by atoms with van der Waals surface area (Å²) < 4.78 is 5.39. The smallest absolute Gasteiger partial charge is 0.307 e. The van der Waals surface area contributed by atoms with Gasteiger partial charge in [0.1, 0.15) is 5.75 Å². The summed E-state index contributed by atoms with van der Waals surface area (Å²) in [6, 6.07) is 12.9. The van der Waals surface area contributed by atoms with Crippen LogP contribution in [0, 0.1) is 0 Å². The van der Waals surface area contributed by atoms with E-state index in [0.717, 1.165) is 22.4 Å². The number of benzene rings is 2. The molecule has 0 spiro atoms. The van der Waals surface area contributed by atoms with E-state index in [0.29, 0.717) is 12.3 Å². The number of hydrogen-bond donors (Lipinski definition) is 2. The summed E-state index contributed by atoms with van der Waals surface area (Å²) in [4.78, 5) is 10.8. The molecule has 20 heavy (non-hydrogen) atoms. The molecule has 0 fully saturated rings. The van der Waals surface area contributed by atoms with Crippen LogP contribution in [0.1, 0.15) is 12.5 Å². The number of nitrogen functional groups attached to an aromatic ring is 1. The van der Waals surface area contributed by atoms with Gasteiger partial charge in [0.25, 0.3) is 0 Å². The van der Waals surface area contributed by atoms with Gasteiger partial charge < -0.3 is 15.6 Å². The predicted molar refractivity (Wildman–Crippen MR) is 78.8 cm³/mol. The molecule has 0 heterocycles. The van der Waals surface area contributed by atoms with Crippen molar-refractivity contribution in [1.82, 2.24) is 0 Å². The van der Waals surface area contributed by atoms with Gasteiger partial charge in [-0.15, -0.1) is 0 Å². The Morgan fingerprint density at radius 1 is 1.20 bits per heavy atom. The highest BCUT2D eigenvalue weighted by molar-refractivity contribution is 5.79. The third kappa shape index (κ3) is 3.29. The van der Waals surface area contributed by atoms with Crippen molar-refractivity contribution in [2.24, 2.45) is 0 Å². The molecule has 2 aromatic carbocycles. The van der Waals surface area contributed by atoms with Gasteiger partial charge in [-0.05, 0) is 42.3 Å². The lowest BCUT2D eigenvalue weighted by Crippen LogP contribution is -2.01. The summed E-state index contributed by atoms with van der Waals surface area (Å²) in [5.74, 6) is -0.0519. The number of carboxylic acid groups (broad SMARTS) is 1. The lowest BCUT2D eigenvalue weighted by atomic mass is 10.00. The van der Waals surface area contributed by atoms with Crippen molar-refractivity contribution in [3.05, 3.63) is 48.0 Å². The van der Waals surface area contributed by atoms with Gasteiger partial charge in [-0.1, -0.05) is 18.2 Å². The second kappa shape index (κ2) is 6.10. The van der Waals surface area contributed by atoms with Crippen LogP contribution in [-0.4, -0.2) is 17.7 Å². The number of rotatable bonds is 5. The lowest BCUT2D eigenvalue weighted by molar-refractivity contribution is -0.136. The lowest BCUT2D eigenvalue weighted by Gasteiger charge is -2.09. The molecule has 4 heteroatoms. The highest BCUT2D eigenvalue weighted by atomic mass is 16.5. The summed E-state index contributed by atoms with van der Waals surface area (Å²) in [7, 11) is 0. The van der Waals surface area contributed by atoms with E-state index >= 15 is 0 Å². The van der Waals surface area contributed by atoms with Crippen molar-refractivity contribution in [2.45, 2.75) is 13.3 Å². The van der Waals surface area contributed by atoms with E-state index in [9.17, 15) is 4.79 Å². The monoisotopic (exact) mass is 271 g/mol. The predicted octanol–water partition coefficient (Wildman–Crippen LogP) is 2.96. The van der Waals surface area contributed by atoms with Crippen molar-refractivity contribution in [3.8, 4) is 16.9 Å². The van der Waals surface area contributed by atoms with Crippen molar-refractivity contribution in [1.29, 1.82) is 0 Å². The summed E-state index contributed by atoms with van der Waals surface area (Å²) in [5, 5.41) is 8.85. The normalized spacial score (nSPS) is 10.2. The third-order valence-corrected chi connectivity index (χ3v) is 2.95. The maximum Gasteiger partial charge on any atom is 0.307 e. The molecule has 0 aliphatic heterocycles. The summed E-state index contributed by atoms with van der Waals surface area (Å²) in [6.45, 7) is 2.55. The first-order chi connectivity index (χ1) is 9.60. The van der Waals surface area contributed by atoms with Gasteiger partial charge in [0.2, 0.25) is 0 Å². The van der Waals surface area contributed by atoms with Gasteiger partial charge in [0.15, 0.2) is 0 Å². The van der Waals surface area contributed by atoms with Gasteiger partial charge in [-0.3, -0.25) is 4.79 Å². The topological polar surface area (TPSA) is 72.5 Å². The number of ether oxygens (including phenoxy) is 1. The van der Waals surface area contributed by atoms with Gasteiger partial charge >= 0.3 is 5.97 Å². The largest absolute Gasteiger partial charge is 0.494 e. The van der Waals surface area contributed by atoms with Crippen LogP contribution >= 0.6 is 0 Å². The molecule has 0 amide bonds. The van der Waals surface area contributed by atoms with Crippen LogP contribution in [0.25, 0.3) is 11.1 Å². The summed E-state index contributed by atoms with van der Waals surface area (Å²) in [6.07, 6.45) is -0.00961. The Bertz CT molecular complexity index is 606. The minimum absolute atomic E-state index is 0.00961. The van der Waals surface area contributed by atoms with E-state index in [-0.39, 0.29) is 6.42 Å². The molecule has 0 atom stereocenters. The van der Waals surface area contributed by atoms with Crippen molar-refractivity contribution in [3.63, 3.8) is 0 Å². The van der Waals surface area contributed by atoms with Gasteiger partial charge in [-0.2, -0.15) is 0 Å². The number of carboxylic acids is 1. The molecular formula is C16H17NO3. The number of carbonyl (C=O) groups is 1. The number of anilines is 1. The molecule has 3 N–H and O–H groups in total. The maximum absolute atomic E-state index is 10.8. The molecule has 0 radical (unpaired) electrons. The molecule has 0 saturated heterocycles. The van der Waals surface area contributed by atoms with Crippen LogP contribution < -0.4 is 10.5 Å². The first-order valence-corrected chi connectivity index (χ1v) is 6.43. The van der Waals surface area contributed by atoms with Gasteiger partial charge in [0.05, 0.1) is 13.0 Å². The number of aliphatic carboxylic acids is 1. The van der Waals surface area contributed by atoms with Crippen molar-refractivity contribution < 1.29 is 14.6 Å². The van der Waals surface area contributed by atoms with Crippen LogP contribution in [0.4, 0.5) is 5.69 Å². The quantitative estimate of drug-likeness (QED) is 0.820. The molecule has 4 nitrogen and oxygen atoms in total. The molecule has 2 aromatic rings. The minimum atomic E-state index is -0.854. The Morgan fingerprint density at radius 3 is 2.50 bits per heavy atom. The first kappa shape index (κ1) is 13.9. The van der Waals surface area contributed by atoms with Crippen LogP contribution in [0.5, 0.6) is 5.75 Å². The average molecular weight is 271 g/mol. The van der Waals surface area contributed by atoms with Crippen LogP contribution in [0.3, 0.4) is 0 Å². The Kier molecular flexibility index (Phi) is 4.25. The van der Waals surface area contributed by atoms with E-state index in [1.54, 1.807) is 12.1 Å². The zero-order chi connectivity index (χ0) is 14.5. The Morgan fingerprint density at radius 2 is 1.90 bits per heavy atom. The van der Waals surface area contributed by atoms with Crippen molar-refractivity contribution >= 4 is 11.7 Å². The minimum Gasteiger partial charge on any atom is -0.494 e. The summed E-state index contributed by atoms with van der Waals surface area (Å²) in [5.41, 5.74) is 9.11. The molecule has 0 saturated carbocycles. The Hall–Kier alpha value is -2.49. The van der Waals surface area contributed by atoms with Crippen LogP contribution in [0.15, 0.2) is 42.5 Å².